The van der Waals surface area contributed by atoms with Crippen molar-refractivity contribution in [3.05, 3.63) is 35.9 Å². The summed E-state index contributed by atoms with van der Waals surface area (Å²) in [5.74, 6) is 0.725. The molecular formula is C14H22N2O2S. The summed E-state index contributed by atoms with van der Waals surface area (Å²) in [6.07, 6.45) is 1.62. The highest BCUT2D eigenvalue weighted by molar-refractivity contribution is 7.84. The van der Waals surface area contributed by atoms with Gasteiger partial charge in [-0.15, -0.1) is 0 Å². The molecule has 0 saturated heterocycles. The second-order valence-electron chi connectivity index (χ2n) is 4.67. The quantitative estimate of drug-likeness (QED) is 0.836. The first kappa shape index (κ1) is 15.7. The van der Waals surface area contributed by atoms with Crippen molar-refractivity contribution in [1.82, 2.24) is 10.6 Å². The first-order valence-corrected chi connectivity index (χ1v) is 8.12. The number of nitrogens with one attached hydrogen (secondary N) is 2. The lowest BCUT2D eigenvalue weighted by atomic mass is 9.95. The van der Waals surface area contributed by atoms with Crippen LogP contribution in [-0.2, 0) is 10.8 Å². The van der Waals surface area contributed by atoms with Crippen LogP contribution in [0.1, 0.15) is 25.3 Å². The van der Waals surface area contributed by atoms with Gasteiger partial charge in [0, 0.05) is 41.3 Å². The Morgan fingerprint density at radius 1 is 1.26 bits per heavy atom. The van der Waals surface area contributed by atoms with E-state index < -0.39 is 10.8 Å². The maximum Gasteiger partial charge on any atom is 0.315 e. The molecule has 0 heterocycles. The zero-order chi connectivity index (χ0) is 14.3. The van der Waals surface area contributed by atoms with Gasteiger partial charge in [0.05, 0.1) is 0 Å². The van der Waals surface area contributed by atoms with Crippen molar-refractivity contribution in [3.63, 3.8) is 0 Å². The third-order valence-corrected chi connectivity index (χ3v) is 3.89. The fourth-order valence-electron chi connectivity index (χ4n) is 1.74. The molecule has 1 rings (SSSR count). The van der Waals surface area contributed by atoms with Crippen molar-refractivity contribution in [2.45, 2.75) is 25.8 Å². The Kier molecular flexibility index (Phi) is 6.56. The molecule has 1 aromatic rings. The van der Waals surface area contributed by atoms with E-state index in [1.165, 1.54) is 5.56 Å². The second kappa shape index (κ2) is 7.94. The zero-order valence-electron chi connectivity index (χ0n) is 11.7. The van der Waals surface area contributed by atoms with Crippen LogP contribution in [0.25, 0.3) is 0 Å². The molecule has 3 unspecified atom stereocenters. The molecule has 0 aliphatic heterocycles. The van der Waals surface area contributed by atoms with Crippen LogP contribution >= 0.6 is 0 Å². The van der Waals surface area contributed by atoms with Gasteiger partial charge in [-0.05, 0) is 12.5 Å². The number of carbonyl (C=O) groups is 1. The summed E-state index contributed by atoms with van der Waals surface area (Å²) in [4.78, 5) is 11.6. The van der Waals surface area contributed by atoms with E-state index in [1.807, 2.05) is 25.1 Å². The predicted molar refractivity (Wildman–Crippen MR) is 79.8 cm³/mol. The van der Waals surface area contributed by atoms with Gasteiger partial charge in [0.2, 0.25) is 0 Å². The van der Waals surface area contributed by atoms with E-state index in [0.717, 1.165) is 0 Å². The van der Waals surface area contributed by atoms with Gasteiger partial charge >= 0.3 is 6.03 Å². The van der Waals surface area contributed by atoms with E-state index >= 15 is 0 Å². The molecule has 0 radical (unpaired) electrons. The Hall–Kier alpha value is -1.36. The van der Waals surface area contributed by atoms with Gasteiger partial charge in [0.25, 0.3) is 0 Å². The molecular weight excluding hydrogens is 260 g/mol. The highest BCUT2D eigenvalue weighted by Gasteiger charge is 2.15. The van der Waals surface area contributed by atoms with Gasteiger partial charge in [0.15, 0.2) is 0 Å². The summed E-state index contributed by atoms with van der Waals surface area (Å²) in [7, 11) is -0.876. The fraction of sp³-hybridized carbons (Fsp3) is 0.500. The number of hydrogen-bond donors (Lipinski definition) is 2. The van der Waals surface area contributed by atoms with Crippen LogP contribution in [0.4, 0.5) is 4.79 Å². The molecule has 5 heteroatoms. The monoisotopic (exact) mass is 282 g/mol. The van der Waals surface area contributed by atoms with Crippen LogP contribution in [0.15, 0.2) is 30.3 Å². The molecule has 0 fully saturated rings. The normalized spacial score (nSPS) is 15.3. The van der Waals surface area contributed by atoms with Gasteiger partial charge < -0.3 is 10.6 Å². The van der Waals surface area contributed by atoms with Crippen LogP contribution in [0.5, 0.6) is 0 Å². The lowest BCUT2D eigenvalue weighted by Gasteiger charge is -2.21. The molecule has 0 bridgehead atoms. The maximum absolute atomic E-state index is 11.6. The van der Waals surface area contributed by atoms with Crippen molar-refractivity contribution in [1.29, 1.82) is 0 Å². The van der Waals surface area contributed by atoms with E-state index in [9.17, 15) is 9.00 Å². The highest BCUT2D eigenvalue weighted by atomic mass is 32.2. The predicted octanol–water partition coefficient (Wildman–Crippen LogP) is 1.86. The van der Waals surface area contributed by atoms with Crippen LogP contribution in [0.2, 0.25) is 0 Å². The summed E-state index contributed by atoms with van der Waals surface area (Å²) in [5.41, 5.74) is 1.20. The summed E-state index contributed by atoms with van der Waals surface area (Å²) in [5, 5.41) is 5.61. The Morgan fingerprint density at radius 3 is 2.47 bits per heavy atom. The average Bonchev–Trinajstić information content (AvgIpc) is 2.38. The number of carbonyl (C=O) groups excluding carboxylic acids is 1. The molecule has 0 saturated carbocycles. The Bertz CT molecular complexity index is 423. The van der Waals surface area contributed by atoms with Crippen molar-refractivity contribution in [3.8, 4) is 0 Å². The first-order valence-electron chi connectivity index (χ1n) is 6.40. The van der Waals surface area contributed by atoms with Crippen molar-refractivity contribution in [2.75, 3.05) is 18.6 Å². The minimum absolute atomic E-state index is 0.0366. The molecule has 2 amide bonds. The van der Waals surface area contributed by atoms with Gasteiger partial charge in [-0.25, -0.2) is 4.79 Å². The van der Waals surface area contributed by atoms with Gasteiger partial charge in [-0.1, -0.05) is 37.3 Å². The van der Waals surface area contributed by atoms with Crippen LogP contribution < -0.4 is 10.6 Å². The second-order valence-corrected chi connectivity index (χ2v) is 6.22. The lowest BCUT2D eigenvalue weighted by Crippen LogP contribution is -2.43. The van der Waals surface area contributed by atoms with Gasteiger partial charge in [0.1, 0.15) is 0 Å². The number of amides is 2. The SMILES string of the molecule is CC(NC(=O)NCCS(C)=O)C(C)c1ccccc1. The highest BCUT2D eigenvalue weighted by Crippen LogP contribution is 2.18. The molecule has 0 aliphatic carbocycles. The Labute approximate surface area is 117 Å². The van der Waals surface area contributed by atoms with Gasteiger partial charge in [-0.3, -0.25) is 4.21 Å². The third kappa shape index (κ3) is 5.87. The fourth-order valence-corrected chi connectivity index (χ4v) is 2.13. The van der Waals surface area contributed by atoms with E-state index in [2.05, 4.69) is 29.7 Å². The molecule has 2 N–H and O–H groups in total. The Morgan fingerprint density at radius 2 is 1.89 bits per heavy atom. The summed E-state index contributed by atoms with van der Waals surface area (Å²) >= 11 is 0. The number of rotatable bonds is 6. The minimum atomic E-state index is -0.876. The molecule has 19 heavy (non-hydrogen) atoms. The number of urea groups is 1. The first-order chi connectivity index (χ1) is 9.00. The van der Waals surface area contributed by atoms with Gasteiger partial charge in [-0.2, -0.15) is 0 Å². The van der Waals surface area contributed by atoms with E-state index in [1.54, 1.807) is 6.26 Å². The molecule has 0 aromatic heterocycles. The van der Waals surface area contributed by atoms with Crippen LogP contribution in [0, 0.1) is 0 Å². The zero-order valence-corrected chi connectivity index (χ0v) is 12.5. The molecule has 3 atom stereocenters. The molecule has 106 valence electrons. The molecule has 0 aliphatic rings. The van der Waals surface area contributed by atoms with E-state index in [0.29, 0.717) is 12.3 Å². The van der Waals surface area contributed by atoms with E-state index in [-0.39, 0.29) is 18.0 Å². The maximum atomic E-state index is 11.6. The standard InChI is InChI=1S/C14H22N2O2S/c1-11(13-7-5-4-6-8-13)12(2)16-14(17)15-9-10-19(3)18/h4-8,11-12H,9-10H2,1-3H3,(H2,15,16,17). The minimum Gasteiger partial charge on any atom is -0.337 e. The number of benzene rings is 1. The average molecular weight is 282 g/mol. The largest absolute Gasteiger partial charge is 0.337 e. The van der Waals surface area contributed by atoms with Crippen molar-refractivity contribution >= 4 is 16.8 Å². The summed E-state index contributed by atoms with van der Waals surface area (Å²) < 4.78 is 10.9. The summed E-state index contributed by atoms with van der Waals surface area (Å²) in [6, 6.07) is 9.91. The van der Waals surface area contributed by atoms with Crippen LogP contribution in [-0.4, -0.2) is 34.8 Å². The molecule has 1 aromatic carbocycles. The molecule has 0 spiro atoms. The topological polar surface area (TPSA) is 58.2 Å². The van der Waals surface area contributed by atoms with Crippen molar-refractivity contribution < 1.29 is 9.00 Å². The summed E-state index contributed by atoms with van der Waals surface area (Å²) in [6.45, 7) is 4.50. The van der Waals surface area contributed by atoms with Crippen LogP contribution in [0.3, 0.4) is 0 Å². The smallest absolute Gasteiger partial charge is 0.315 e. The molecule has 4 nitrogen and oxygen atoms in total. The lowest BCUT2D eigenvalue weighted by molar-refractivity contribution is 0.237. The number of hydrogen-bond acceptors (Lipinski definition) is 2. The van der Waals surface area contributed by atoms with Crippen molar-refractivity contribution in [2.24, 2.45) is 0 Å². The third-order valence-electron chi connectivity index (χ3n) is 3.11. The Balaban J connectivity index is 2.39. The van der Waals surface area contributed by atoms with E-state index in [4.69, 9.17) is 0 Å².